The number of hydrogen-bond donors (Lipinski definition) is 0. The van der Waals surface area contributed by atoms with Crippen LogP contribution >= 0.6 is 37.2 Å². The summed E-state index contributed by atoms with van der Waals surface area (Å²) in [5.74, 6) is 3.81. The molecule has 5 unspecified atom stereocenters. The summed E-state index contributed by atoms with van der Waals surface area (Å²) in [6.45, 7) is 0. The molecule has 5 atom stereocenters. The molecule has 97 valence electrons. The van der Waals surface area contributed by atoms with Crippen LogP contribution in [0, 0.1) is 23.7 Å². The molecule has 0 bridgehead atoms. The maximum atomic E-state index is 2.48. The van der Waals surface area contributed by atoms with Crippen LogP contribution in [-0.4, -0.2) is 0 Å². The van der Waals surface area contributed by atoms with Crippen molar-refractivity contribution in [3.63, 3.8) is 0 Å². The van der Waals surface area contributed by atoms with Gasteiger partial charge in [-0.15, -0.1) is 37.2 Å². The maximum absolute atomic E-state index is 2.48. The first-order chi connectivity index (χ1) is 6.88. The summed E-state index contributed by atoms with van der Waals surface area (Å²) in [4.78, 5) is 0. The quantitative estimate of drug-likeness (QED) is 0.562. The van der Waals surface area contributed by atoms with Crippen molar-refractivity contribution < 1.29 is 20.4 Å². The van der Waals surface area contributed by atoms with Crippen molar-refractivity contribution in [3.8, 4) is 0 Å². The third-order valence-corrected chi connectivity index (χ3v) is 5.74. The van der Waals surface area contributed by atoms with Gasteiger partial charge < -0.3 is 0 Å². The SMILES string of the molecule is Cl.Cl.Cl.[Ti][CH]1C2C=CC=CC2C2CCCCC12. The van der Waals surface area contributed by atoms with Gasteiger partial charge in [-0.05, 0) is 0 Å². The summed E-state index contributed by atoms with van der Waals surface area (Å²) in [6, 6.07) is 0. The number of halogens is 3. The Morgan fingerprint density at radius 1 is 0.765 bits per heavy atom. The predicted molar refractivity (Wildman–Crippen MR) is 76.2 cm³/mol. The summed E-state index contributed by atoms with van der Waals surface area (Å²) in [6.07, 6.45) is 15.4. The van der Waals surface area contributed by atoms with E-state index in [0.29, 0.717) is 0 Å². The van der Waals surface area contributed by atoms with Crippen molar-refractivity contribution in [2.75, 3.05) is 0 Å². The van der Waals surface area contributed by atoms with Crippen molar-refractivity contribution in [2.45, 2.75) is 29.9 Å². The Morgan fingerprint density at radius 3 is 1.94 bits per heavy atom. The van der Waals surface area contributed by atoms with Crippen LogP contribution in [0.3, 0.4) is 0 Å². The minimum absolute atomic E-state index is 0. The third kappa shape index (κ3) is 3.15. The molecule has 0 saturated heterocycles. The van der Waals surface area contributed by atoms with Crippen LogP contribution < -0.4 is 0 Å². The van der Waals surface area contributed by atoms with Gasteiger partial charge in [0.15, 0.2) is 0 Å². The molecule has 4 heteroatoms. The standard InChI is InChI=1S/C13H17.3ClH.Ti/c1-3-7-12-10(5-1)9-11-6-2-4-8-13(11)12;;;;/h1,3,5,7,9-13H,2,4,6,8H2;3*1H;. The van der Waals surface area contributed by atoms with E-state index in [1.165, 1.54) is 25.7 Å². The van der Waals surface area contributed by atoms with Crippen molar-refractivity contribution in [1.29, 1.82) is 0 Å². The van der Waals surface area contributed by atoms with Gasteiger partial charge >= 0.3 is 98.3 Å². The fourth-order valence-electron chi connectivity index (χ4n) is 3.83. The molecule has 0 spiro atoms. The minimum atomic E-state index is 0. The molecule has 3 aliphatic carbocycles. The normalized spacial score (nSPS) is 41.2. The van der Waals surface area contributed by atoms with Crippen LogP contribution in [0.1, 0.15) is 25.7 Å². The van der Waals surface area contributed by atoms with E-state index in [1.54, 1.807) is 0 Å². The molecule has 0 heterocycles. The van der Waals surface area contributed by atoms with Crippen molar-refractivity contribution in [3.05, 3.63) is 24.3 Å². The Balaban J connectivity index is 0.000000853. The molecule has 17 heavy (non-hydrogen) atoms. The monoisotopic (exact) mass is 329 g/mol. The molecule has 0 aliphatic heterocycles. The summed E-state index contributed by atoms with van der Waals surface area (Å²) in [5.41, 5.74) is 0. The van der Waals surface area contributed by atoms with Gasteiger partial charge in [-0.3, -0.25) is 0 Å². The summed E-state index contributed by atoms with van der Waals surface area (Å²) < 4.78 is 0.937. The van der Waals surface area contributed by atoms with Crippen LogP contribution in [0.2, 0.25) is 4.22 Å². The Hall–Kier alpha value is 1.06. The van der Waals surface area contributed by atoms with Gasteiger partial charge in [0.2, 0.25) is 0 Å². The van der Waals surface area contributed by atoms with Crippen LogP contribution in [0.15, 0.2) is 24.3 Å². The van der Waals surface area contributed by atoms with E-state index in [4.69, 9.17) is 0 Å². The average Bonchev–Trinajstić information content (AvgIpc) is 2.55. The average molecular weight is 331 g/mol. The Labute approximate surface area is 135 Å². The Kier molecular flexibility index (Phi) is 8.08. The van der Waals surface area contributed by atoms with Crippen molar-refractivity contribution in [1.82, 2.24) is 0 Å². The molecule has 3 rings (SSSR count). The fourth-order valence-corrected chi connectivity index (χ4v) is 4.99. The van der Waals surface area contributed by atoms with Gasteiger partial charge in [0.05, 0.1) is 0 Å². The molecule has 0 aromatic heterocycles. The van der Waals surface area contributed by atoms with Gasteiger partial charge in [0, 0.05) is 0 Å². The topological polar surface area (TPSA) is 0 Å². The zero-order chi connectivity index (χ0) is 9.54. The second kappa shape index (κ2) is 7.60. The second-order valence-electron chi connectivity index (χ2n) is 5.06. The summed E-state index contributed by atoms with van der Waals surface area (Å²) in [7, 11) is 0. The first-order valence-electron chi connectivity index (χ1n) is 5.94. The van der Waals surface area contributed by atoms with E-state index in [-0.39, 0.29) is 37.2 Å². The second-order valence-corrected chi connectivity index (χ2v) is 6.10. The van der Waals surface area contributed by atoms with Gasteiger partial charge in [-0.25, -0.2) is 0 Å². The van der Waals surface area contributed by atoms with E-state index < -0.39 is 0 Å². The molecule has 0 nitrogen and oxygen atoms in total. The molecule has 3 aliphatic rings. The van der Waals surface area contributed by atoms with Gasteiger partial charge in [0.1, 0.15) is 0 Å². The number of rotatable bonds is 0. The van der Waals surface area contributed by atoms with Crippen LogP contribution in [0.4, 0.5) is 0 Å². The van der Waals surface area contributed by atoms with E-state index in [1.807, 2.05) is 0 Å². The molecule has 0 aromatic rings. The molecule has 2 fully saturated rings. The van der Waals surface area contributed by atoms with E-state index in [2.05, 4.69) is 44.7 Å². The Morgan fingerprint density at radius 2 is 1.29 bits per heavy atom. The number of fused-ring (bicyclic) bond motifs is 3. The predicted octanol–water partition coefficient (Wildman–Crippen LogP) is 4.77. The van der Waals surface area contributed by atoms with Crippen LogP contribution in [0.25, 0.3) is 0 Å². The van der Waals surface area contributed by atoms with Gasteiger partial charge in [-0.2, -0.15) is 0 Å². The molecular weight excluding hydrogens is 310 g/mol. The zero-order valence-electron chi connectivity index (χ0n) is 9.75. The van der Waals surface area contributed by atoms with Crippen molar-refractivity contribution >= 4 is 37.2 Å². The molecular formula is C13H20Cl3Ti. The van der Waals surface area contributed by atoms with Gasteiger partial charge in [0.25, 0.3) is 0 Å². The molecule has 0 radical (unpaired) electrons. The molecule has 0 N–H and O–H groups in total. The van der Waals surface area contributed by atoms with Crippen LogP contribution in [0.5, 0.6) is 0 Å². The third-order valence-electron chi connectivity index (χ3n) is 4.47. The van der Waals surface area contributed by atoms with E-state index in [0.717, 1.165) is 27.9 Å². The molecule has 0 aromatic carbocycles. The Bertz CT molecular complexity index is 290. The fraction of sp³-hybridized carbons (Fsp3) is 0.692. The summed E-state index contributed by atoms with van der Waals surface area (Å²) >= 11 is 2.48. The number of allylic oxidation sites excluding steroid dienone is 4. The first kappa shape index (κ1) is 18.1. The van der Waals surface area contributed by atoms with E-state index >= 15 is 0 Å². The number of hydrogen-bond acceptors (Lipinski definition) is 0. The van der Waals surface area contributed by atoms with Crippen molar-refractivity contribution in [2.24, 2.45) is 23.7 Å². The molecule has 0 amide bonds. The first-order valence-corrected chi connectivity index (χ1v) is 6.84. The summed E-state index contributed by atoms with van der Waals surface area (Å²) in [5, 5.41) is 0. The van der Waals surface area contributed by atoms with Crippen LogP contribution in [-0.2, 0) is 20.4 Å². The van der Waals surface area contributed by atoms with E-state index in [9.17, 15) is 0 Å². The molecule has 2 saturated carbocycles. The zero-order valence-corrected chi connectivity index (χ0v) is 13.8. The van der Waals surface area contributed by atoms with Gasteiger partial charge in [-0.1, -0.05) is 0 Å².